The molecule has 1 fully saturated rings. The molecule has 1 saturated heterocycles. The van der Waals surface area contributed by atoms with E-state index in [2.05, 4.69) is 16.0 Å². The van der Waals surface area contributed by atoms with Crippen molar-refractivity contribution in [1.82, 2.24) is 10.2 Å². The van der Waals surface area contributed by atoms with Gasteiger partial charge in [-0.3, -0.25) is 9.59 Å². The number of hydrogen-bond donors (Lipinski definition) is 3. The van der Waals surface area contributed by atoms with E-state index in [0.717, 1.165) is 37.4 Å². The van der Waals surface area contributed by atoms with Crippen LogP contribution in [0, 0.1) is 5.92 Å². The fourth-order valence-corrected chi connectivity index (χ4v) is 2.31. The second-order valence-electron chi connectivity index (χ2n) is 5.86. The molecule has 0 bridgehead atoms. The minimum absolute atomic E-state index is 0.0116. The van der Waals surface area contributed by atoms with E-state index in [0.29, 0.717) is 6.42 Å². The average molecular weight is 304 g/mol. The van der Waals surface area contributed by atoms with Crippen LogP contribution in [0.25, 0.3) is 0 Å². The van der Waals surface area contributed by atoms with Crippen LogP contribution in [0.3, 0.4) is 0 Å². The first kappa shape index (κ1) is 16.5. The lowest BCUT2D eigenvalue weighted by molar-refractivity contribution is -0.119. The van der Waals surface area contributed by atoms with Gasteiger partial charge in [-0.15, -0.1) is 0 Å². The molecule has 1 aromatic carbocycles. The van der Waals surface area contributed by atoms with Crippen molar-refractivity contribution >= 4 is 23.2 Å². The van der Waals surface area contributed by atoms with Gasteiger partial charge in [-0.1, -0.05) is 0 Å². The molecule has 1 atom stereocenters. The van der Waals surface area contributed by atoms with E-state index in [1.54, 1.807) is 12.1 Å². The Morgan fingerprint density at radius 1 is 1.18 bits per heavy atom. The van der Waals surface area contributed by atoms with Crippen molar-refractivity contribution < 1.29 is 9.59 Å². The summed E-state index contributed by atoms with van der Waals surface area (Å²) >= 11 is 0. The summed E-state index contributed by atoms with van der Waals surface area (Å²) in [6, 6.07) is 7.22. The number of benzene rings is 1. The SMILES string of the molecule is CN(C)CCC(=O)Nc1ccc(NC(=O)C2CCNC2)cc1. The van der Waals surface area contributed by atoms with E-state index in [1.165, 1.54) is 0 Å². The molecule has 1 heterocycles. The highest BCUT2D eigenvalue weighted by Gasteiger charge is 2.22. The van der Waals surface area contributed by atoms with Gasteiger partial charge in [-0.25, -0.2) is 0 Å². The molecule has 0 saturated carbocycles. The van der Waals surface area contributed by atoms with E-state index >= 15 is 0 Å². The van der Waals surface area contributed by atoms with Gasteiger partial charge < -0.3 is 20.9 Å². The lowest BCUT2D eigenvalue weighted by atomic mass is 10.1. The van der Waals surface area contributed by atoms with Gasteiger partial charge in [0.25, 0.3) is 0 Å². The molecule has 0 spiro atoms. The van der Waals surface area contributed by atoms with Crippen molar-refractivity contribution in [1.29, 1.82) is 0 Å². The van der Waals surface area contributed by atoms with Gasteiger partial charge in [-0.05, 0) is 51.3 Å². The van der Waals surface area contributed by atoms with Gasteiger partial charge in [0.15, 0.2) is 0 Å². The maximum absolute atomic E-state index is 12.0. The second-order valence-corrected chi connectivity index (χ2v) is 5.86. The Bertz CT molecular complexity index is 507. The Morgan fingerprint density at radius 2 is 1.82 bits per heavy atom. The number of rotatable bonds is 6. The van der Waals surface area contributed by atoms with Crippen LogP contribution in [0.4, 0.5) is 11.4 Å². The Balaban J connectivity index is 1.82. The van der Waals surface area contributed by atoms with E-state index in [9.17, 15) is 9.59 Å². The van der Waals surface area contributed by atoms with Gasteiger partial charge in [0, 0.05) is 30.9 Å². The lowest BCUT2D eigenvalue weighted by Gasteiger charge is -2.11. The topological polar surface area (TPSA) is 73.5 Å². The molecule has 6 heteroatoms. The molecule has 6 nitrogen and oxygen atoms in total. The summed E-state index contributed by atoms with van der Waals surface area (Å²) in [5.74, 6) is 0.0840. The van der Waals surface area contributed by atoms with Crippen LogP contribution in [0.15, 0.2) is 24.3 Å². The molecule has 22 heavy (non-hydrogen) atoms. The van der Waals surface area contributed by atoms with E-state index in [1.807, 2.05) is 31.1 Å². The fraction of sp³-hybridized carbons (Fsp3) is 0.500. The van der Waals surface area contributed by atoms with Crippen molar-refractivity contribution in [3.63, 3.8) is 0 Å². The number of nitrogens with zero attached hydrogens (tertiary/aromatic N) is 1. The summed E-state index contributed by atoms with van der Waals surface area (Å²) in [5, 5.41) is 8.93. The Labute approximate surface area is 131 Å². The summed E-state index contributed by atoms with van der Waals surface area (Å²) in [5.41, 5.74) is 1.49. The molecular weight excluding hydrogens is 280 g/mol. The number of nitrogens with one attached hydrogen (secondary N) is 3. The number of hydrogen-bond acceptors (Lipinski definition) is 4. The minimum atomic E-state index is -0.0116. The van der Waals surface area contributed by atoms with Crippen LogP contribution in [0.5, 0.6) is 0 Å². The number of anilines is 2. The summed E-state index contributed by atoms with van der Waals surface area (Å²) in [6.07, 6.45) is 1.34. The van der Waals surface area contributed by atoms with Gasteiger partial charge in [0.1, 0.15) is 0 Å². The number of amides is 2. The third-order valence-corrected chi connectivity index (χ3v) is 3.65. The van der Waals surface area contributed by atoms with Gasteiger partial charge in [0.05, 0.1) is 5.92 Å². The number of carbonyl (C=O) groups is 2. The van der Waals surface area contributed by atoms with Crippen LogP contribution in [0.2, 0.25) is 0 Å². The zero-order valence-corrected chi connectivity index (χ0v) is 13.2. The van der Waals surface area contributed by atoms with Crippen molar-refractivity contribution in [2.75, 3.05) is 44.4 Å². The molecule has 2 rings (SSSR count). The smallest absolute Gasteiger partial charge is 0.228 e. The predicted molar refractivity (Wildman–Crippen MR) is 87.8 cm³/mol. The first-order chi connectivity index (χ1) is 10.5. The third kappa shape index (κ3) is 5.13. The molecule has 1 aromatic rings. The van der Waals surface area contributed by atoms with Gasteiger partial charge in [0.2, 0.25) is 11.8 Å². The maximum atomic E-state index is 12.0. The van der Waals surface area contributed by atoms with Gasteiger partial charge in [-0.2, -0.15) is 0 Å². The molecule has 0 aromatic heterocycles. The second kappa shape index (κ2) is 7.91. The number of carbonyl (C=O) groups excluding carboxylic acids is 2. The molecule has 120 valence electrons. The Kier molecular flexibility index (Phi) is 5.91. The van der Waals surface area contributed by atoms with Crippen LogP contribution in [0.1, 0.15) is 12.8 Å². The van der Waals surface area contributed by atoms with Crippen LogP contribution < -0.4 is 16.0 Å². The first-order valence-corrected chi connectivity index (χ1v) is 7.61. The monoisotopic (exact) mass is 304 g/mol. The minimum Gasteiger partial charge on any atom is -0.326 e. The molecule has 1 aliphatic rings. The molecule has 0 radical (unpaired) electrons. The highest BCUT2D eigenvalue weighted by Crippen LogP contribution is 2.16. The molecular formula is C16H24N4O2. The first-order valence-electron chi connectivity index (χ1n) is 7.61. The van der Waals surface area contributed by atoms with Crippen LogP contribution in [-0.4, -0.2) is 50.4 Å². The van der Waals surface area contributed by atoms with E-state index in [-0.39, 0.29) is 17.7 Å². The zero-order chi connectivity index (χ0) is 15.9. The summed E-state index contributed by atoms with van der Waals surface area (Å²) in [7, 11) is 3.87. The fourth-order valence-electron chi connectivity index (χ4n) is 2.31. The van der Waals surface area contributed by atoms with E-state index in [4.69, 9.17) is 0 Å². The Morgan fingerprint density at radius 3 is 2.36 bits per heavy atom. The summed E-state index contributed by atoms with van der Waals surface area (Å²) in [6.45, 7) is 2.36. The van der Waals surface area contributed by atoms with Crippen molar-refractivity contribution in [3.05, 3.63) is 24.3 Å². The largest absolute Gasteiger partial charge is 0.326 e. The van der Waals surface area contributed by atoms with Gasteiger partial charge >= 0.3 is 0 Å². The highest BCUT2D eigenvalue weighted by atomic mass is 16.2. The zero-order valence-electron chi connectivity index (χ0n) is 13.2. The normalized spacial score (nSPS) is 17.5. The standard InChI is InChI=1S/C16H24N4O2/c1-20(2)10-8-15(21)18-13-3-5-14(6-4-13)19-16(22)12-7-9-17-11-12/h3-6,12,17H,7-11H2,1-2H3,(H,18,21)(H,19,22). The molecule has 0 aliphatic carbocycles. The summed E-state index contributed by atoms with van der Waals surface area (Å²) in [4.78, 5) is 25.7. The molecule has 2 amide bonds. The molecule has 1 aliphatic heterocycles. The summed E-state index contributed by atoms with van der Waals surface area (Å²) < 4.78 is 0. The quantitative estimate of drug-likeness (QED) is 0.736. The third-order valence-electron chi connectivity index (χ3n) is 3.65. The molecule has 1 unspecified atom stereocenters. The van der Waals surface area contributed by atoms with Crippen LogP contribution >= 0.6 is 0 Å². The van der Waals surface area contributed by atoms with Crippen LogP contribution in [-0.2, 0) is 9.59 Å². The predicted octanol–water partition coefficient (Wildman–Crippen LogP) is 1.12. The molecule has 3 N–H and O–H groups in total. The maximum Gasteiger partial charge on any atom is 0.228 e. The van der Waals surface area contributed by atoms with Crippen molar-refractivity contribution in [2.24, 2.45) is 5.92 Å². The van der Waals surface area contributed by atoms with E-state index < -0.39 is 0 Å². The van der Waals surface area contributed by atoms with Crippen molar-refractivity contribution in [2.45, 2.75) is 12.8 Å². The van der Waals surface area contributed by atoms with Crippen molar-refractivity contribution in [3.8, 4) is 0 Å². The average Bonchev–Trinajstić information content (AvgIpc) is 3.01. The Hall–Kier alpha value is -1.92. The lowest BCUT2D eigenvalue weighted by Crippen LogP contribution is -2.24. The highest BCUT2D eigenvalue weighted by molar-refractivity contribution is 5.94.